The fourth-order valence-electron chi connectivity index (χ4n) is 18.3. The number of aromatic amines is 1. The summed E-state index contributed by atoms with van der Waals surface area (Å²) >= 11 is 7.87. The van der Waals surface area contributed by atoms with E-state index in [1.54, 1.807) is 57.3 Å². The highest BCUT2D eigenvalue weighted by atomic mass is 32.2. The van der Waals surface area contributed by atoms with Gasteiger partial charge in [0.25, 0.3) is 0 Å². The maximum atomic E-state index is 12.1. The van der Waals surface area contributed by atoms with Gasteiger partial charge in [-0.25, -0.2) is 8.42 Å². The number of nitrogens with zero attached hydrogens (tertiary/aromatic N) is 4. The molecule has 0 saturated carbocycles. The van der Waals surface area contributed by atoms with Gasteiger partial charge in [0.05, 0.1) is 48.2 Å². The quantitative estimate of drug-likeness (QED) is 0.136. The zero-order valence-corrected chi connectivity index (χ0v) is 79.3. The topological polar surface area (TPSA) is 132 Å². The van der Waals surface area contributed by atoms with Crippen LogP contribution in [0.4, 0.5) is 0 Å². The summed E-state index contributed by atoms with van der Waals surface area (Å²) in [6.07, 6.45) is 0. The van der Waals surface area contributed by atoms with Crippen LogP contribution in [0.25, 0.3) is 151 Å². The third-order valence-electron chi connectivity index (χ3n) is 24.4. The van der Waals surface area contributed by atoms with Gasteiger partial charge in [0.1, 0.15) is 33.2 Å². The van der Waals surface area contributed by atoms with E-state index in [2.05, 4.69) is 337 Å². The van der Waals surface area contributed by atoms with E-state index in [9.17, 15) is 13.0 Å². The Balaban J connectivity index is 0.0000000917. The van der Waals surface area contributed by atoms with Crippen molar-refractivity contribution in [1.29, 1.82) is 0 Å². The second kappa shape index (κ2) is 38.9. The maximum absolute atomic E-state index is 12.1. The van der Waals surface area contributed by atoms with Crippen molar-refractivity contribution in [3.05, 3.63) is 494 Å². The van der Waals surface area contributed by atoms with Crippen molar-refractivity contribution in [1.82, 2.24) is 22.5 Å². The highest BCUT2D eigenvalue weighted by molar-refractivity contribution is 7.92. The first-order chi connectivity index (χ1) is 66.2. The zero-order valence-electron chi connectivity index (χ0n) is 72.1. The SMILES string of the molecule is O=S1(=O)c2ccccc2-c2ccccc21.O=[P+]1c2ccccc2-c2ccccc21.c1ccc(C2(c3ccccc3)c3ccccc3-c3ccccc32)cc1.c1ccc2c(c1)[SiH2]c1ccccc1-2.c1ccc2c(c1)[nH]c1ccccc12.c1ccc2c(c1)oc1ccccc12.c1ccc2c(c1)sc1ccccc12.c1ccc2nsnc2c1.c1csc(-c2ccc(-c3cccs3)c3nsnc23)c1. The van der Waals surface area contributed by atoms with E-state index in [4.69, 9.17) is 4.42 Å². The zero-order chi connectivity index (χ0) is 90.2. The maximum Gasteiger partial charge on any atom is 0.416 e. The van der Waals surface area contributed by atoms with Crippen molar-refractivity contribution in [3.63, 3.8) is 0 Å². The van der Waals surface area contributed by atoms with Gasteiger partial charge in [-0.05, 0) is 152 Å². The number of hydrogen-bond acceptors (Lipinski definition) is 13. The van der Waals surface area contributed by atoms with Crippen LogP contribution < -0.4 is 21.0 Å². The predicted molar refractivity (Wildman–Crippen MR) is 570 cm³/mol. The number of fused-ring (bicyclic) bond motifs is 23. The predicted octanol–water partition coefficient (Wildman–Crippen LogP) is 29.6. The Morgan fingerprint density at radius 3 is 1.10 bits per heavy atom. The molecule has 7 aromatic heterocycles. The minimum absolute atomic E-state index is 0.160. The number of aromatic nitrogens is 5. The lowest BCUT2D eigenvalue weighted by atomic mass is 9.68. The summed E-state index contributed by atoms with van der Waals surface area (Å²) in [7, 11) is -4.77. The van der Waals surface area contributed by atoms with E-state index in [1.807, 2.05) is 145 Å². The third kappa shape index (κ3) is 17.0. The van der Waals surface area contributed by atoms with Crippen molar-refractivity contribution in [2.24, 2.45) is 0 Å². The number of benzene rings is 18. The molecule has 18 aromatic carbocycles. The van der Waals surface area contributed by atoms with E-state index < -0.39 is 17.6 Å². The number of para-hydroxylation sites is 4. The second-order valence-electron chi connectivity index (χ2n) is 32.1. The normalized spacial score (nSPS) is 12.3. The summed E-state index contributed by atoms with van der Waals surface area (Å²) in [5.41, 5.74) is 25.3. The van der Waals surface area contributed by atoms with Crippen LogP contribution in [0.15, 0.2) is 486 Å². The van der Waals surface area contributed by atoms with Crippen LogP contribution in [0.3, 0.4) is 0 Å². The molecular weight excluding hydrogens is 1790 g/mol. The smallest absolute Gasteiger partial charge is 0.416 e. The summed E-state index contributed by atoms with van der Waals surface area (Å²) in [5.74, 6) is 0. The lowest BCUT2D eigenvalue weighted by Crippen LogP contribution is -2.28. The molecule has 0 bridgehead atoms. The highest BCUT2D eigenvalue weighted by Gasteiger charge is 2.46. The van der Waals surface area contributed by atoms with Crippen LogP contribution in [0.1, 0.15) is 22.3 Å². The minimum atomic E-state index is -3.26. The molecule has 4 aliphatic rings. The average molecular weight is 1870 g/mol. The molecule has 134 heavy (non-hydrogen) atoms. The lowest BCUT2D eigenvalue weighted by Gasteiger charge is -2.33. The van der Waals surface area contributed by atoms with Crippen molar-refractivity contribution in [2.75, 3.05) is 0 Å². The third-order valence-corrected chi connectivity index (χ3v) is 33.9. The van der Waals surface area contributed by atoms with E-state index in [0.29, 0.717) is 9.79 Å². The number of rotatable bonds is 4. The molecule has 1 aliphatic carbocycles. The fourth-order valence-corrected chi connectivity index (χ4v) is 27.2. The van der Waals surface area contributed by atoms with Gasteiger partial charge in [0.2, 0.25) is 20.4 Å². The molecule has 0 atom stereocenters. The van der Waals surface area contributed by atoms with Crippen LogP contribution in [0, 0.1) is 0 Å². The lowest BCUT2D eigenvalue weighted by molar-refractivity contribution is 0.597. The van der Waals surface area contributed by atoms with Crippen molar-refractivity contribution in [3.8, 4) is 65.4 Å². The molecule has 25 aromatic rings. The fraction of sp³-hybridized carbons (Fsp3) is 0.00855. The molecule has 0 fully saturated rings. The Kier molecular flexibility index (Phi) is 24.9. The largest absolute Gasteiger partial charge is 0.456 e. The molecule has 642 valence electrons. The summed E-state index contributed by atoms with van der Waals surface area (Å²) in [4.78, 5) is 6.71. The van der Waals surface area contributed by atoms with Crippen LogP contribution >= 0.6 is 65.3 Å². The summed E-state index contributed by atoms with van der Waals surface area (Å²) < 4.78 is 61.7. The first-order valence-corrected chi connectivity index (χ1v) is 52.1. The molecule has 1 N–H and O–H groups in total. The summed E-state index contributed by atoms with van der Waals surface area (Å²) in [6.45, 7) is 0. The number of thiophene rings is 3. The molecule has 0 amide bonds. The van der Waals surface area contributed by atoms with E-state index in [1.165, 1.54) is 142 Å². The van der Waals surface area contributed by atoms with Gasteiger partial charge in [-0.3, -0.25) is 0 Å². The van der Waals surface area contributed by atoms with Crippen LogP contribution in [-0.2, 0) is 19.8 Å². The molecule has 0 radical (unpaired) electrons. The molecule has 0 saturated heterocycles. The molecule has 3 aliphatic heterocycles. The number of furan rings is 1. The number of hydrogen-bond donors (Lipinski definition) is 1. The summed E-state index contributed by atoms with van der Waals surface area (Å²) in [5, 5.41) is 17.1. The van der Waals surface area contributed by atoms with E-state index in [-0.39, 0.29) is 14.9 Å². The monoisotopic (exact) mass is 1870 g/mol. The molecule has 0 spiro atoms. The first-order valence-electron chi connectivity index (χ1n) is 44.0. The number of sulfone groups is 1. The molecule has 29 rings (SSSR count). The van der Waals surface area contributed by atoms with Gasteiger partial charge in [0.15, 0.2) is 0 Å². The Morgan fingerprint density at radius 2 is 0.642 bits per heavy atom. The second-order valence-corrected chi connectivity index (χ2v) is 41.5. The highest BCUT2D eigenvalue weighted by Crippen LogP contribution is 2.56. The van der Waals surface area contributed by atoms with Gasteiger partial charge in [-0.1, -0.05) is 379 Å². The Hall–Kier alpha value is -14.9. The Morgan fingerprint density at radius 1 is 0.291 bits per heavy atom. The first kappa shape index (κ1) is 85.8. The molecule has 17 heteroatoms. The summed E-state index contributed by atoms with van der Waals surface area (Å²) in [6, 6.07) is 158. The number of nitrogens with one attached hydrogen (secondary N) is 1. The van der Waals surface area contributed by atoms with E-state index >= 15 is 0 Å². The molecule has 10 heterocycles. The van der Waals surface area contributed by atoms with Gasteiger partial charge in [-0.2, -0.15) is 17.5 Å². The minimum Gasteiger partial charge on any atom is -0.456 e. The number of H-pyrrole nitrogens is 1. The van der Waals surface area contributed by atoms with Gasteiger partial charge in [0, 0.05) is 95.9 Å². The molecule has 0 unspecified atom stereocenters. The van der Waals surface area contributed by atoms with Crippen LogP contribution in [-0.4, -0.2) is 40.4 Å². The van der Waals surface area contributed by atoms with Gasteiger partial charge in [-0.15, -0.1) is 34.0 Å². The van der Waals surface area contributed by atoms with E-state index in [0.717, 1.165) is 66.1 Å². The molecule has 9 nitrogen and oxygen atoms in total. The van der Waals surface area contributed by atoms with Gasteiger partial charge >= 0.3 is 7.80 Å². The van der Waals surface area contributed by atoms with Crippen molar-refractivity contribution >= 4 is 192 Å². The molecular formula is C117H81N5O4PS6Si+. The Labute approximate surface area is 799 Å². The Bertz CT molecular complexity index is 7920. The van der Waals surface area contributed by atoms with Crippen LogP contribution in [0.2, 0.25) is 0 Å². The average Bonchev–Trinajstić information content (AvgIpc) is 1.53. The van der Waals surface area contributed by atoms with Gasteiger partial charge < -0.3 is 9.40 Å². The van der Waals surface area contributed by atoms with Crippen molar-refractivity contribution in [2.45, 2.75) is 15.2 Å². The van der Waals surface area contributed by atoms with Crippen molar-refractivity contribution < 1.29 is 17.4 Å². The van der Waals surface area contributed by atoms with Crippen LogP contribution in [0.5, 0.6) is 0 Å². The standard InChI is InChI=1S/C25H18.C14H8N2S3.C12H9N.C12H8O2S.C12H8OP.C12H8O.C12H8S.C12H10Si.C6H4N2S/c1-3-11-19(12-4-1)25(20-13-5-2-6-14-20)23-17-9-7-15-21(23)22-16-8-10-18-24(22)25;1-3-11(17-7-1)9-5-6-10(12-4-2-8-18-12)14-13(9)15-19-16-14;1-3-7-11-9(5-1)10-6-2-4-8-12(10)13-11;13-15(14)11-7-3-1-5-9(11)10-6-2-4-8-12(10)15;13-14-11-7-3-1-5-9(11)10-6-2-4-8-12(10)14;3*1-3-7-11-9(5-1)10-6-2-4-8-12(10)13-11;1-2-4-6-5(3-1)7-9-8-6/h1-18H;1-8H;1-8,13H;1-8H;1-8H;2*1-8H;1-8H,13H2;1-4H/q;;;;+1;;;;.